The van der Waals surface area contributed by atoms with Gasteiger partial charge < -0.3 is 9.64 Å². The minimum absolute atomic E-state index is 0.0276. The molecule has 0 bridgehead atoms. The van der Waals surface area contributed by atoms with Gasteiger partial charge in [0.15, 0.2) is 0 Å². The molecular weight excluding hydrogens is 348 g/mol. The third-order valence-corrected chi connectivity index (χ3v) is 5.33. The zero-order valence-electron chi connectivity index (χ0n) is 15.6. The topological polar surface area (TPSA) is 84.0 Å². The van der Waals surface area contributed by atoms with Crippen LogP contribution in [0.5, 0.6) is 0 Å². The van der Waals surface area contributed by atoms with Crippen LogP contribution in [0.4, 0.5) is 0 Å². The first-order valence-corrected chi connectivity index (χ1v) is 9.26. The van der Waals surface area contributed by atoms with Crippen molar-refractivity contribution in [1.82, 2.24) is 9.80 Å². The minimum atomic E-state index is -0.471. The zero-order valence-corrected chi connectivity index (χ0v) is 15.6. The molecule has 0 radical (unpaired) electrons. The molecule has 0 aromatic heterocycles. The monoisotopic (exact) mass is 372 g/mol. The average molecular weight is 372 g/mol. The molecule has 1 aromatic rings. The van der Waals surface area contributed by atoms with E-state index < -0.39 is 17.7 Å². The summed E-state index contributed by atoms with van der Waals surface area (Å²) in [5.74, 6) is -2.06. The summed E-state index contributed by atoms with van der Waals surface area (Å²) >= 11 is 0. The highest BCUT2D eigenvalue weighted by molar-refractivity contribution is 6.22. The Balaban J connectivity index is 1.76. The smallest absolute Gasteiger partial charge is 0.310 e. The van der Waals surface area contributed by atoms with E-state index in [0.29, 0.717) is 11.1 Å². The summed E-state index contributed by atoms with van der Waals surface area (Å²) in [4.78, 5) is 52.5. The van der Waals surface area contributed by atoms with Gasteiger partial charge in [0.05, 0.1) is 24.2 Å². The van der Waals surface area contributed by atoms with Gasteiger partial charge >= 0.3 is 5.97 Å². The number of imide groups is 1. The Labute approximate surface area is 158 Å². The van der Waals surface area contributed by atoms with E-state index >= 15 is 0 Å². The first-order valence-electron chi connectivity index (χ1n) is 9.26. The van der Waals surface area contributed by atoms with Crippen LogP contribution in [0.2, 0.25) is 0 Å². The molecule has 7 heteroatoms. The lowest BCUT2D eigenvalue weighted by molar-refractivity contribution is -0.147. The molecule has 7 nitrogen and oxygen atoms in total. The number of nitrogens with zero attached hydrogens (tertiary/aromatic N) is 2. The standard InChI is InChI=1S/C20H24N2O5/c1-13(20(26)27-2)11-21(14-7-3-4-8-14)17(23)12-22-18(24)15-9-5-6-10-16(15)19(22)25/h5-6,9-10,13-14H,3-4,7-8,11-12H2,1-2H3. The highest BCUT2D eigenvalue weighted by Crippen LogP contribution is 2.26. The quantitative estimate of drug-likeness (QED) is 0.562. The minimum Gasteiger partial charge on any atom is -0.469 e. The van der Waals surface area contributed by atoms with E-state index in [-0.39, 0.29) is 31.0 Å². The molecule has 1 saturated carbocycles. The van der Waals surface area contributed by atoms with Crippen molar-refractivity contribution < 1.29 is 23.9 Å². The molecule has 0 N–H and O–H groups in total. The number of benzene rings is 1. The lowest BCUT2D eigenvalue weighted by Crippen LogP contribution is -2.48. The van der Waals surface area contributed by atoms with Gasteiger partial charge in [0.2, 0.25) is 5.91 Å². The summed E-state index contributed by atoms with van der Waals surface area (Å²) in [6.45, 7) is 1.62. The Kier molecular flexibility index (Phi) is 5.58. The van der Waals surface area contributed by atoms with E-state index in [4.69, 9.17) is 4.74 Å². The summed E-state index contributed by atoms with van der Waals surface area (Å²) in [5.41, 5.74) is 0.649. The van der Waals surface area contributed by atoms with Gasteiger partial charge in [-0.3, -0.25) is 24.1 Å². The molecule has 1 heterocycles. The molecule has 1 unspecified atom stereocenters. The zero-order chi connectivity index (χ0) is 19.6. The predicted octanol–water partition coefficient (Wildman–Crippen LogP) is 1.86. The van der Waals surface area contributed by atoms with Crippen LogP contribution >= 0.6 is 0 Å². The van der Waals surface area contributed by atoms with Crippen molar-refractivity contribution in [3.8, 4) is 0 Å². The van der Waals surface area contributed by atoms with Crippen molar-refractivity contribution in [2.24, 2.45) is 5.92 Å². The maximum absolute atomic E-state index is 13.0. The molecule has 3 rings (SSSR count). The van der Waals surface area contributed by atoms with Crippen molar-refractivity contribution in [1.29, 1.82) is 0 Å². The molecule has 27 heavy (non-hydrogen) atoms. The summed E-state index contributed by atoms with van der Waals surface area (Å²) in [6, 6.07) is 6.60. The highest BCUT2D eigenvalue weighted by Gasteiger charge is 2.38. The van der Waals surface area contributed by atoms with Crippen molar-refractivity contribution >= 4 is 23.7 Å². The summed E-state index contributed by atoms with van der Waals surface area (Å²) in [7, 11) is 1.32. The number of ether oxygens (including phenoxy) is 1. The molecule has 1 aliphatic carbocycles. The second-order valence-electron chi connectivity index (χ2n) is 7.15. The summed E-state index contributed by atoms with van der Waals surface area (Å²) < 4.78 is 4.77. The molecule has 144 valence electrons. The maximum atomic E-state index is 13.0. The molecule has 1 aliphatic heterocycles. The van der Waals surface area contributed by atoms with E-state index in [9.17, 15) is 19.2 Å². The fraction of sp³-hybridized carbons (Fsp3) is 0.500. The van der Waals surface area contributed by atoms with Crippen molar-refractivity contribution in [2.75, 3.05) is 20.2 Å². The maximum Gasteiger partial charge on any atom is 0.310 e. The predicted molar refractivity (Wildman–Crippen MR) is 97.0 cm³/mol. The Morgan fingerprint density at radius 3 is 2.22 bits per heavy atom. The van der Waals surface area contributed by atoms with Gasteiger partial charge in [-0.15, -0.1) is 0 Å². The Morgan fingerprint density at radius 2 is 1.70 bits per heavy atom. The molecular formula is C20H24N2O5. The first kappa shape index (κ1) is 19.1. The largest absolute Gasteiger partial charge is 0.469 e. The lowest BCUT2D eigenvalue weighted by Gasteiger charge is -2.32. The SMILES string of the molecule is COC(=O)C(C)CN(C(=O)CN1C(=O)c2ccccc2C1=O)C1CCCC1. The van der Waals surface area contributed by atoms with Crippen molar-refractivity contribution in [3.63, 3.8) is 0 Å². The van der Waals surface area contributed by atoms with Crippen LogP contribution in [0.15, 0.2) is 24.3 Å². The second-order valence-corrected chi connectivity index (χ2v) is 7.15. The van der Waals surface area contributed by atoms with E-state index in [0.717, 1.165) is 30.6 Å². The van der Waals surface area contributed by atoms with Gasteiger partial charge in [-0.05, 0) is 25.0 Å². The number of carbonyl (C=O) groups is 4. The number of hydrogen-bond acceptors (Lipinski definition) is 5. The summed E-state index contributed by atoms with van der Waals surface area (Å²) in [5, 5.41) is 0. The Morgan fingerprint density at radius 1 is 1.15 bits per heavy atom. The normalized spacial score (nSPS) is 17.8. The van der Waals surface area contributed by atoms with Crippen LogP contribution in [0, 0.1) is 5.92 Å². The third kappa shape index (κ3) is 3.72. The molecule has 1 atom stereocenters. The van der Waals surface area contributed by atoms with Crippen LogP contribution in [-0.2, 0) is 14.3 Å². The molecule has 1 fully saturated rings. The van der Waals surface area contributed by atoms with E-state index in [2.05, 4.69) is 0 Å². The van der Waals surface area contributed by atoms with Crippen LogP contribution < -0.4 is 0 Å². The van der Waals surface area contributed by atoms with Crippen LogP contribution in [0.25, 0.3) is 0 Å². The van der Waals surface area contributed by atoms with Gasteiger partial charge in [0.25, 0.3) is 11.8 Å². The number of esters is 1. The Bertz CT molecular complexity index is 734. The van der Waals surface area contributed by atoms with Gasteiger partial charge in [-0.25, -0.2) is 0 Å². The Hall–Kier alpha value is -2.70. The number of carbonyl (C=O) groups excluding carboxylic acids is 4. The first-order chi connectivity index (χ1) is 12.9. The lowest BCUT2D eigenvalue weighted by atomic mass is 10.1. The van der Waals surface area contributed by atoms with Crippen molar-refractivity contribution in [2.45, 2.75) is 38.6 Å². The number of methoxy groups -OCH3 is 1. The molecule has 1 aromatic carbocycles. The molecule has 0 spiro atoms. The van der Waals surface area contributed by atoms with Gasteiger partial charge in [0.1, 0.15) is 6.54 Å². The fourth-order valence-electron chi connectivity index (χ4n) is 3.85. The van der Waals surface area contributed by atoms with Crippen LogP contribution in [-0.4, -0.2) is 59.7 Å². The number of fused-ring (bicyclic) bond motifs is 1. The molecule has 3 amide bonds. The highest BCUT2D eigenvalue weighted by atomic mass is 16.5. The molecule has 2 aliphatic rings. The van der Waals surface area contributed by atoms with Crippen LogP contribution in [0.1, 0.15) is 53.3 Å². The number of hydrogen-bond donors (Lipinski definition) is 0. The van der Waals surface area contributed by atoms with Crippen LogP contribution in [0.3, 0.4) is 0 Å². The van der Waals surface area contributed by atoms with Gasteiger partial charge in [0, 0.05) is 12.6 Å². The second kappa shape index (κ2) is 7.90. The number of rotatable bonds is 6. The molecule has 0 saturated heterocycles. The van der Waals surface area contributed by atoms with Crippen molar-refractivity contribution in [3.05, 3.63) is 35.4 Å². The average Bonchev–Trinajstić information content (AvgIpc) is 3.29. The van der Waals surface area contributed by atoms with E-state index in [1.54, 1.807) is 36.1 Å². The van der Waals surface area contributed by atoms with Gasteiger partial charge in [-0.2, -0.15) is 0 Å². The third-order valence-electron chi connectivity index (χ3n) is 5.33. The fourth-order valence-corrected chi connectivity index (χ4v) is 3.85. The van der Waals surface area contributed by atoms with E-state index in [1.165, 1.54) is 7.11 Å². The van der Waals surface area contributed by atoms with Gasteiger partial charge in [-0.1, -0.05) is 31.9 Å². The summed E-state index contributed by atoms with van der Waals surface area (Å²) in [6.07, 6.45) is 3.77. The van der Waals surface area contributed by atoms with E-state index in [1.807, 2.05) is 0 Å². The number of amides is 3.